The van der Waals surface area contributed by atoms with Gasteiger partial charge < -0.3 is 15.0 Å². The predicted molar refractivity (Wildman–Crippen MR) is 102 cm³/mol. The molecule has 0 radical (unpaired) electrons. The number of ether oxygens (including phenoxy) is 1. The molecule has 8 heteroatoms. The van der Waals surface area contributed by atoms with Crippen LogP contribution in [0, 0.1) is 0 Å². The number of para-hydroxylation sites is 2. The highest BCUT2D eigenvalue weighted by molar-refractivity contribution is 5.97. The van der Waals surface area contributed by atoms with Gasteiger partial charge >= 0.3 is 6.18 Å². The highest BCUT2D eigenvalue weighted by atomic mass is 19.4. The smallest absolute Gasteiger partial charge is 0.416 e. The summed E-state index contributed by atoms with van der Waals surface area (Å²) >= 11 is 0. The zero-order valence-electron chi connectivity index (χ0n) is 15.7. The van der Waals surface area contributed by atoms with Crippen molar-refractivity contribution >= 4 is 17.5 Å². The van der Waals surface area contributed by atoms with Crippen LogP contribution in [0.4, 0.5) is 18.9 Å². The van der Waals surface area contributed by atoms with Gasteiger partial charge in [0, 0.05) is 19.4 Å². The Morgan fingerprint density at radius 3 is 2.55 bits per heavy atom. The third kappa shape index (κ3) is 5.28. The van der Waals surface area contributed by atoms with E-state index in [4.69, 9.17) is 4.74 Å². The van der Waals surface area contributed by atoms with Gasteiger partial charge in [-0.05, 0) is 30.2 Å². The number of alkyl halides is 3. The number of nitrogens with zero attached hydrogens (tertiary/aromatic N) is 1. The number of halogens is 3. The Morgan fingerprint density at radius 1 is 1.03 bits per heavy atom. The van der Waals surface area contributed by atoms with E-state index in [0.717, 1.165) is 6.07 Å². The van der Waals surface area contributed by atoms with E-state index in [2.05, 4.69) is 5.32 Å². The number of carbonyl (C=O) groups is 2. The van der Waals surface area contributed by atoms with Crippen molar-refractivity contribution in [2.45, 2.75) is 25.4 Å². The summed E-state index contributed by atoms with van der Waals surface area (Å²) in [5.41, 5.74) is 0.102. The number of amides is 2. The van der Waals surface area contributed by atoms with E-state index in [1.54, 1.807) is 23.1 Å². The molecule has 0 atom stereocenters. The molecule has 1 N–H and O–H groups in total. The molecule has 2 aromatic rings. The van der Waals surface area contributed by atoms with Gasteiger partial charge in [0.15, 0.2) is 0 Å². The molecule has 1 aliphatic rings. The minimum Gasteiger partial charge on any atom is -0.490 e. The molecule has 0 saturated heterocycles. The van der Waals surface area contributed by atoms with Gasteiger partial charge in [-0.1, -0.05) is 30.3 Å². The Labute approximate surface area is 166 Å². The quantitative estimate of drug-likeness (QED) is 0.798. The number of anilines is 1. The van der Waals surface area contributed by atoms with Gasteiger partial charge in [-0.3, -0.25) is 9.59 Å². The fraction of sp³-hybridized carbons (Fsp3) is 0.333. The molecule has 0 aromatic heterocycles. The molecule has 1 aliphatic heterocycles. The van der Waals surface area contributed by atoms with E-state index in [0.29, 0.717) is 24.6 Å². The summed E-state index contributed by atoms with van der Waals surface area (Å²) in [6.45, 7) is 0.861. The minimum absolute atomic E-state index is 0.0132. The van der Waals surface area contributed by atoms with Crippen molar-refractivity contribution in [1.82, 2.24) is 5.32 Å². The lowest BCUT2D eigenvalue weighted by atomic mass is 10.0. The maximum Gasteiger partial charge on any atom is 0.416 e. The number of nitrogens with one attached hydrogen (secondary N) is 1. The molecular weight excluding hydrogens is 385 g/mol. The number of rotatable bonds is 6. The second-order valence-electron chi connectivity index (χ2n) is 6.62. The second kappa shape index (κ2) is 8.98. The van der Waals surface area contributed by atoms with E-state index in [-0.39, 0.29) is 43.2 Å². The summed E-state index contributed by atoms with van der Waals surface area (Å²) in [6, 6.07) is 12.5. The Hall–Kier alpha value is -3.03. The fourth-order valence-electron chi connectivity index (χ4n) is 3.22. The summed E-state index contributed by atoms with van der Waals surface area (Å²) in [7, 11) is 0. The molecular formula is C21H21F3N2O3. The normalized spacial score (nSPS) is 13.4. The summed E-state index contributed by atoms with van der Waals surface area (Å²) in [4.78, 5) is 26.1. The predicted octanol–water partition coefficient (Wildman–Crippen LogP) is 3.57. The van der Waals surface area contributed by atoms with Crippen LogP contribution in [0.1, 0.15) is 24.0 Å². The van der Waals surface area contributed by atoms with E-state index in [1.165, 1.54) is 18.2 Å². The van der Waals surface area contributed by atoms with E-state index in [9.17, 15) is 22.8 Å². The molecule has 0 unspecified atom stereocenters. The number of hydrogen-bond donors (Lipinski definition) is 1. The minimum atomic E-state index is -4.43. The lowest BCUT2D eigenvalue weighted by Gasteiger charge is -2.29. The first-order chi connectivity index (χ1) is 13.9. The van der Waals surface area contributed by atoms with Crippen LogP contribution in [-0.4, -0.2) is 31.5 Å². The third-order valence-electron chi connectivity index (χ3n) is 4.63. The van der Waals surface area contributed by atoms with Crippen LogP contribution in [0.15, 0.2) is 48.5 Å². The van der Waals surface area contributed by atoms with Crippen molar-refractivity contribution in [3.63, 3.8) is 0 Å². The first-order valence-corrected chi connectivity index (χ1v) is 9.30. The van der Waals surface area contributed by atoms with Crippen LogP contribution in [0.5, 0.6) is 5.75 Å². The van der Waals surface area contributed by atoms with Gasteiger partial charge in [-0.2, -0.15) is 13.2 Å². The van der Waals surface area contributed by atoms with E-state index < -0.39 is 11.7 Å². The highest BCUT2D eigenvalue weighted by Crippen LogP contribution is 2.32. The number of carbonyl (C=O) groups excluding carboxylic acids is 2. The summed E-state index contributed by atoms with van der Waals surface area (Å²) in [5, 5.41) is 2.59. The monoisotopic (exact) mass is 406 g/mol. The molecule has 3 rings (SSSR count). The lowest BCUT2D eigenvalue weighted by molar-refractivity contribution is -0.138. The zero-order chi connectivity index (χ0) is 20.9. The van der Waals surface area contributed by atoms with Crippen molar-refractivity contribution in [2.75, 3.05) is 24.6 Å². The van der Waals surface area contributed by atoms with Crippen LogP contribution < -0.4 is 15.0 Å². The molecule has 1 heterocycles. The van der Waals surface area contributed by atoms with Crippen molar-refractivity contribution in [2.24, 2.45) is 0 Å². The van der Waals surface area contributed by atoms with Crippen molar-refractivity contribution in [1.29, 1.82) is 0 Å². The third-order valence-corrected chi connectivity index (χ3v) is 4.63. The molecule has 29 heavy (non-hydrogen) atoms. The molecule has 2 aromatic carbocycles. The van der Waals surface area contributed by atoms with Crippen LogP contribution in [0.2, 0.25) is 0 Å². The van der Waals surface area contributed by atoms with Gasteiger partial charge in [0.05, 0.1) is 17.8 Å². The average Bonchev–Trinajstić information content (AvgIpc) is 2.71. The van der Waals surface area contributed by atoms with Crippen LogP contribution in [0.25, 0.3) is 0 Å². The van der Waals surface area contributed by atoms with Gasteiger partial charge in [-0.25, -0.2) is 0 Å². The van der Waals surface area contributed by atoms with E-state index >= 15 is 0 Å². The first kappa shape index (κ1) is 20.7. The van der Waals surface area contributed by atoms with Gasteiger partial charge in [0.25, 0.3) is 0 Å². The number of benzene rings is 2. The summed E-state index contributed by atoms with van der Waals surface area (Å²) in [6.07, 6.45) is -4.38. The summed E-state index contributed by atoms with van der Waals surface area (Å²) < 4.78 is 44.5. The Morgan fingerprint density at radius 2 is 1.76 bits per heavy atom. The second-order valence-corrected chi connectivity index (χ2v) is 6.62. The summed E-state index contributed by atoms with van der Waals surface area (Å²) in [5.74, 6) is 0.0579. The number of fused-ring (bicyclic) bond motifs is 1. The maximum atomic E-state index is 13.0. The van der Waals surface area contributed by atoms with Crippen LogP contribution in [-0.2, 0) is 22.2 Å². The van der Waals surface area contributed by atoms with Crippen molar-refractivity contribution < 1.29 is 27.5 Å². The molecule has 0 aliphatic carbocycles. The lowest BCUT2D eigenvalue weighted by Crippen LogP contribution is -2.38. The van der Waals surface area contributed by atoms with Crippen molar-refractivity contribution in [3.8, 4) is 5.75 Å². The molecule has 0 fully saturated rings. The fourth-order valence-corrected chi connectivity index (χ4v) is 3.22. The molecule has 0 saturated carbocycles. The standard InChI is InChI=1S/C21H21F3N2O3/c22-21(23,24)16-6-2-1-5-15(16)11-12-25-19(27)9-10-20(28)26-13-14-29-18-8-4-3-7-17(18)26/h1-8H,9-14H2,(H,25,27). The Kier molecular flexibility index (Phi) is 6.41. The molecule has 0 bridgehead atoms. The average molecular weight is 406 g/mol. The van der Waals surface area contributed by atoms with Gasteiger partial charge in [0.2, 0.25) is 11.8 Å². The number of hydrogen-bond acceptors (Lipinski definition) is 3. The molecule has 154 valence electrons. The van der Waals surface area contributed by atoms with Gasteiger partial charge in [-0.15, -0.1) is 0 Å². The van der Waals surface area contributed by atoms with Crippen LogP contribution in [0.3, 0.4) is 0 Å². The maximum absolute atomic E-state index is 13.0. The zero-order valence-corrected chi connectivity index (χ0v) is 15.7. The SMILES string of the molecule is O=C(CCC(=O)N1CCOc2ccccc21)NCCc1ccccc1C(F)(F)F. The molecule has 0 spiro atoms. The molecule has 5 nitrogen and oxygen atoms in total. The van der Waals surface area contributed by atoms with Crippen molar-refractivity contribution in [3.05, 3.63) is 59.7 Å². The van der Waals surface area contributed by atoms with E-state index in [1.807, 2.05) is 6.07 Å². The Balaban J connectivity index is 1.47. The highest BCUT2D eigenvalue weighted by Gasteiger charge is 2.32. The molecule has 2 amide bonds. The topological polar surface area (TPSA) is 58.6 Å². The largest absolute Gasteiger partial charge is 0.490 e. The Bertz CT molecular complexity index is 883. The first-order valence-electron chi connectivity index (χ1n) is 9.30. The van der Waals surface area contributed by atoms with Crippen LogP contribution >= 0.6 is 0 Å². The van der Waals surface area contributed by atoms with Gasteiger partial charge in [0.1, 0.15) is 12.4 Å².